The average Bonchev–Trinajstić information content (AvgIpc) is 2.00. The lowest BCUT2D eigenvalue weighted by Crippen LogP contribution is -2.12. The minimum absolute atomic E-state index is 0.0438. The highest BCUT2D eigenvalue weighted by Gasteiger charge is 2.06. The Morgan fingerprint density at radius 2 is 2.00 bits per heavy atom. The molecule has 0 saturated carbocycles. The SMILES string of the molecule is CCCCC(=O)OC(=O)CS. The standard InChI is InChI=1S/C7H12O3S/c1-2-3-4-6(8)10-7(9)5-11/h11H,2-5H2,1H3. The van der Waals surface area contributed by atoms with Gasteiger partial charge in [0, 0.05) is 6.42 Å². The molecule has 0 aliphatic rings. The van der Waals surface area contributed by atoms with Crippen LogP contribution in [0.2, 0.25) is 0 Å². The Morgan fingerprint density at radius 1 is 1.36 bits per heavy atom. The number of carbonyl (C=O) groups excluding carboxylic acids is 2. The number of ether oxygens (including phenoxy) is 1. The molecule has 3 nitrogen and oxygen atoms in total. The number of thiol groups is 1. The van der Waals surface area contributed by atoms with Crippen molar-refractivity contribution in [2.24, 2.45) is 0 Å². The maximum absolute atomic E-state index is 10.7. The summed E-state index contributed by atoms with van der Waals surface area (Å²) in [6.45, 7) is 1.97. The number of rotatable bonds is 4. The lowest BCUT2D eigenvalue weighted by molar-refractivity contribution is -0.157. The molecule has 0 spiro atoms. The fraction of sp³-hybridized carbons (Fsp3) is 0.714. The summed E-state index contributed by atoms with van der Waals surface area (Å²) >= 11 is 3.65. The Bertz CT molecular complexity index is 145. The molecular weight excluding hydrogens is 164 g/mol. The van der Waals surface area contributed by atoms with Crippen LogP contribution in [0.15, 0.2) is 0 Å². The molecule has 64 valence electrons. The molecule has 11 heavy (non-hydrogen) atoms. The van der Waals surface area contributed by atoms with E-state index < -0.39 is 11.9 Å². The van der Waals surface area contributed by atoms with Gasteiger partial charge in [-0.25, -0.2) is 0 Å². The topological polar surface area (TPSA) is 43.4 Å². The van der Waals surface area contributed by atoms with E-state index in [9.17, 15) is 9.59 Å². The van der Waals surface area contributed by atoms with Crippen molar-refractivity contribution < 1.29 is 14.3 Å². The van der Waals surface area contributed by atoms with Gasteiger partial charge in [-0.15, -0.1) is 0 Å². The minimum atomic E-state index is -0.575. The Balaban J connectivity index is 3.44. The summed E-state index contributed by atoms with van der Waals surface area (Å²) in [6, 6.07) is 0. The summed E-state index contributed by atoms with van der Waals surface area (Å²) in [5, 5.41) is 0. The van der Waals surface area contributed by atoms with Gasteiger partial charge in [0.05, 0.1) is 5.75 Å². The molecule has 0 amide bonds. The molecule has 0 atom stereocenters. The van der Waals surface area contributed by atoms with Gasteiger partial charge in [-0.1, -0.05) is 13.3 Å². The lowest BCUT2D eigenvalue weighted by atomic mass is 10.2. The second kappa shape index (κ2) is 6.22. The molecule has 0 bridgehead atoms. The van der Waals surface area contributed by atoms with E-state index >= 15 is 0 Å². The maximum Gasteiger partial charge on any atom is 0.323 e. The molecule has 0 N–H and O–H groups in total. The molecule has 0 fully saturated rings. The van der Waals surface area contributed by atoms with E-state index in [0.717, 1.165) is 12.8 Å². The highest BCUT2D eigenvalue weighted by Crippen LogP contribution is 1.96. The minimum Gasteiger partial charge on any atom is -0.393 e. The Labute approximate surface area is 71.5 Å². The van der Waals surface area contributed by atoms with Crippen LogP contribution in [0.1, 0.15) is 26.2 Å². The summed E-state index contributed by atoms with van der Waals surface area (Å²) in [5.41, 5.74) is 0. The Kier molecular flexibility index (Phi) is 5.93. The maximum atomic E-state index is 10.7. The van der Waals surface area contributed by atoms with Crippen LogP contribution in [-0.2, 0) is 14.3 Å². The molecule has 4 heteroatoms. The molecule has 0 aliphatic heterocycles. The highest BCUT2D eigenvalue weighted by atomic mass is 32.1. The summed E-state index contributed by atoms with van der Waals surface area (Å²) in [7, 11) is 0. The molecule has 0 aliphatic carbocycles. The van der Waals surface area contributed by atoms with Crippen LogP contribution < -0.4 is 0 Å². The number of unbranched alkanes of at least 4 members (excludes halogenated alkanes) is 1. The molecule has 0 radical (unpaired) electrons. The third kappa shape index (κ3) is 5.91. The van der Waals surface area contributed by atoms with Crippen molar-refractivity contribution in [2.45, 2.75) is 26.2 Å². The first-order valence-electron chi connectivity index (χ1n) is 3.55. The largest absolute Gasteiger partial charge is 0.393 e. The summed E-state index contributed by atoms with van der Waals surface area (Å²) in [4.78, 5) is 21.2. The molecule has 0 aromatic carbocycles. The molecule has 0 rings (SSSR count). The predicted octanol–water partition coefficient (Wildman–Crippen LogP) is 1.18. The third-order valence-electron chi connectivity index (χ3n) is 1.09. The van der Waals surface area contributed by atoms with Gasteiger partial charge in [-0.3, -0.25) is 9.59 Å². The fourth-order valence-electron chi connectivity index (χ4n) is 0.531. The summed E-state index contributed by atoms with van der Waals surface area (Å²) < 4.78 is 4.35. The molecule has 0 aromatic heterocycles. The van der Waals surface area contributed by atoms with E-state index in [4.69, 9.17) is 0 Å². The van der Waals surface area contributed by atoms with Gasteiger partial charge in [0.15, 0.2) is 0 Å². The van der Waals surface area contributed by atoms with Crippen LogP contribution in [0.3, 0.4) is 0 Å². The molecule has 0 unspecified atom stereocenters. The third-order valence-corrected chi connectivity index (χ3v) is 1.35. The normalized spacial score (nSPS) is 9.27. The van der Waals surface area contributed by atoms with Crippen molar-refractivity contribution >= 4 is 24.6 Å². The van der Waals surface area contributed by atoms with Gasteiger partial charge in [0.25, 0.3) is 0 Å². The van der Waals surface area contributed by atoms with Gasteiger partial charge >= 0.3 is 11.9 Å². The smallest absolute Gasteiger partial charge is 0.323 e. The van der Waals surface area contributed by atoms with Crippen molar-refractivity contribution in [3.63, 3.8) is 0 Å². The fourth-order valence-corrected chi connectivity index (χ4v) is 0.596. The average molecular weight is 176 g/mol. The zero-order valence-electron chi connectivity index (χ0n) is 6.50. The first-order valence-corrected chi connectivity index (χ1v) is 4.18. The highest BCUT2D eigenvalue weighted by molar-refractivity contribution is 7.81. The summed E-state index contributed by atoms with van der Waals surface area (Å²) in [5.74, 6) is -1.07. The van der Waals surface area contributed by atoms with E-state index in [1.165, 1.54) is 0 Å². The number of hydrogen-bond acceptors (Lipinski definition) is 4. The zero-order valence-corrected chi connectivity index (χ0v) is 7.39. The number of esters is 2. The van der Waals surface area contributed by atoms with Crippen LogP contribution in [0.25, 0.3) is 0 Å². The zero-order chi connectivity index (χ0) is 8.69. The van der Waals surface area contributed by atoms with E-state index in [2.05, 4.69) is 17.4 Å². The van der Waals surface area contributed by atoms with Crippen molar-refractivity contribution in [1.82, 2.24) is 0 Å². The van der Waals surface area contributed by atoms with Gasteiger partial charge in [-0.2, -0.15) is 12.6 Å². The monoisotopic (exact) mass is 176 g/mol. The first kappa shape index (κ1) is 10.5. The van der Waals surface area contributed by atoms with Crippen LogP contribution in [0.5, 0.6) is 0 Å². The van der Waals surface area contributed by atoms with E-state index in [-0.39, 0.29) is 5.75 Å². The van der Waals surface area contributed by atoms with Gasteiger partial charge in [-0.05, 0) is 6.42 Å². The number of hydrogen-bond donors (Lipinski definition) is 1. The number of carbonyl (C=O) groups is 2. The van der Waals surface area contributed by atoms with E-state index in [1.54, 1.807) is 0 Å². The van der Waals surface area contributed by atoms with Crippen molar-refractivity contribution in [1.29, 1.82) is 0 Å². The van der Waals surface area contributed by atoms with Gasteiger partial charge in [0.2, 0.25) is 0 Å². The van der Waals surface area contributed by atoms with Crippen LogP contribution in [-0.4, -0.2) is 17.7 Å². The van der Waals surface area contributed by atoms with Crippen molar-refractivity contribution in [3.05, 3.63) is 0 Å². The quantitative estimate of drug-likeness (QED) is 0.397. The van der Waals surface area contributed by atoms with Gasteiger partial charge in [0.1, 0.15) is 0 Å². The molecule has 0 saturated heterocycles. The molecule has 0 aromatic rings. The second-order valence-electron chi connectivity index (χ2n) is 2.11. The second-order valence-corrected chi connectivity index (χ2v) is 2.42. The Hall–Kier alpha value is -0.510. The van der Waals surface area contributed by atoms with E-state index in [0.29, 0.717) is 6.42 Å². The van der Waals surface area contributed by atoms with Crippen LogP contribution in [0.4, 0.5) is 0 Å². The van der Waals surface area contributed by atoms with Crippen LogP contribution in [0, 0.1) is 0 Å². The summed E-state index contributed by atoms with van der Waals surface area (Å²) in [6.07, 6.45) is 2.00. The predicted molar refractivity (Wildman–Crippen MR) is 44.5 cm³/mol. The Morgan fingerprint density at radius 3 is 2.45 bits per heavy atom. The lowest BCUT2D eigenvalue weighted by Gasteiger charge is -1.98. The van der Waals surface area contributed by atoms with Crippen LogP contribution >= 0.6 is 12.6 Å². The van der Waals surface area contributed by atoms with E-state index in [1.807, 2.05) is 6.92 Å². The van der Waals surface area contributed by atoms with Crippen molar-refractivity contribution in [2.75, 3.05) is 5.75 Å². The van der Waals surface area contributed by atoms with Gasteiger partial charge < -0.3 is 4.74 Å². The molecular formula is C7H12O3S. The van der Waals surface area contributed by atoms with Crippen molar-refractivity contribution in [3.8, 4) is 0 Å². The molecule has 0 heterocycles. The first-order chi connectivity index (χ1) is 5.20.